The molecule has 2 aromatic carbocycles. The fraction of sp³-hybridized carbons (Fsp3) is 0.136. The third kappa shape index (κ3) is 2.72. The van der Waals surface area contributed by atoms with E-state index < -0.39 is 0 Å². The first-order valence-electron chi connectivity index (χ1n) is 8.39. The van der Waals surface area contributed by atoms with Crippen molar-refractivity contribution in [2.45, 2.75) is 18.8 Å². The predicted octanol–water partition coefficient (Wildman–Crippen LogP) is 4.63. The van der Waals surface area contributed by atoms with Crippen LogP contribution < -0.4 is 5.73 Å². The van der Waals surface area contributed by atoms with Crippen LogP contribution in [0.3, 0.4) is 0 Å². The van der Waals surface area contributed by atoms with E-state index >= 15 is 0 Å². The number of nitrogens with two attached hydrogens (primary N) is 1. The smallest absolute Gasteiger partial charge is 0.205 e. The van der Waals surface area contributed by atoms with E-state index in [4.69, 9.17) is 10.5 Å². The molecule has 0 radical (unpaired) electrons. The highest BCUT2D eigenvalue weighted by Gasteiger charge is 2.36. The first kappa shape index (κ1) is 15.3. The standard InChI is InChI=1S/C22H18N2O/c23-14-19-20(16-9-5-2-6-10-16)18-12-11-17(21(18)25-22(19)24)13-15-7-3-1-4-8-15/h1-10,13,20H,11-12,24H2/b17-13+/t20-/m0/s1. The van der Waals surface area contributed by atoms with Gasteiger partial charge < -0.3 is 10.5 Å². The van der Waals surface area contributed by atoms with E-state index in [0.29, 0.717) is 5.57 Å². The molecule has 2 aromatic rings. The predicted molar refractivity (Wildman–Crippen MR) is 97.8 cm³/mol. The molecule has 1 aliphatic carbocycles. The molecule has 0 amide bonds. The minimum Gasteiger partial charge on any atom is -0.440 e. The van der Waals surface area contributed by atoms with Crippen LogP contribution in [0.2, 0.25) is 0 Å². The van der Waals surface area contributed by atoms with E-state index in [2.05, 4.69) is 24.3 Å². The minimum absolute atomic E-state index is 0.114. The third-order valence-electron chi connectivity index (χ3n) is 4.76. The van der Waals surface area contributed by atoms with Crippen molar-refractivity contribution in [1.82, 2.24) is 0 Å². The molecule has 0 saturated carbocycles. The van der Waals surface area contributed by atoms with Gasteiger partial charge in [-0.05, 0) is 41.2 Å². The van der Waals surface area contributed by atoms with Crippen LogP contribution >= 0.6 is 0 Å². The van der Waals surface area contributed by atoms with Gasteiger partial charge in [0.1, 0.15) is 17.4 Å². The molecule has 2 N–H and O–H groups in total. The second-order valence-electron chi connectivity index (χ2n) is 6.27. The zero-order chi connectivity index (χ0) is 17.2. The van der Waals surface area contributed by atoms with Gasteiger partial charge in [-0.25, -0.2) is 0 Å². The Hall–Kier alpha value is -3.25. The Kier molecular flexibility index (Phi) is 3.87. The number of hydrogen-bond donors (Lipinski definition) is 1. The molecule has 122 valence electrons. The summed E-state index contributed by atoms with van der Waals surface area (Å²) < 4.78 is 5.90. The molecule has 0 aromatic heterocycles. The summed E-state index contributed by atoms with van der Waals surface area (Å²) in [6.45, 7) is 0. The van der Waals surface area contributed by atoms with Gasteiger partial charge in [-0.15, -0.1) is 0 Å². The Bertz CT molecular complexity index is 931. The largest absolute Gasteiger partial charge is 0.440 e. The van der Waals surface area contributed by atoms with Crippen LogP contribution in [0.4, 0.5) is 0 Å². The van der Waals surface area contributed by atoms with Crippen molar-refractivity contribution < 1.29 is 4.74 Å². The average molecular weight is 326 g/mol. The molecule has 0 saturated heterocycles. The average Bonchev–Trinajstić information content (AvgIpc) is 3.04. The Labute approximate surface area is 147 Å². The number of hydrogen-bond acceptors (Lipinski definition) is 3. The molecule has 3 heteroatoms. The van der Waals surface area contributed by atoms with Gasteiger partial charge in [-0.1, -0.05) is 60.7 Å². The summed E-state index contributed by atoms with van der Waals surface area (Å²) in [5.74, 6) is 0.946. The Morgan fingerprint density at radius 3 is 2.36 bits per heavy atom. The molecule has 0 fully saturated rings. The van der Waals surface area contributed by atoms with Crippen molar-refractivity contribution in [3.05, 3.63) is 100 Å². The van der Waals surface area contributed by atoms with E-state index in [0.717, 1.165) is 40.9 Å². The Balaban J connectivity index is 1.81. The van der Waals surface area contributed by atoms with Crippen LogP contribution in [0, 0.1) is 11.3 Å². The third-order valence-corrected chi connectivity index (χ3v) is 4.76. The molecule has 0 unspecified atom stereocenters. The summed E-state index contributed by atoms with van der Waals surface area (Å²) in [6.07, 6.45) is 3.93. The zero-order valence-electron chi connectivity index (χ0n) is 13.8. The molecule has 2 aliphatic rings. The monoisotopic (exact) mass is 326 g/mol. The van der Waals surface area contributed by atoms with E-state index in [1.807, 2.05) is 48.5 Å². The lowest BCUT2D eigenvalue weighted by atomic mass is 9.83. The lowest BCUT2D eigenvalue weighted by molar-refractivity contribution is 0.292. The second kappa shape index (κ2) is 6.33. The maximum absolute atomic E-state index is 9.61. The minimum atomic E-state index is -0.114. The molecule has 3 nitrogen and oxygen atoms in total. The zero-order valence-corrected chi connectivity index (χ0v) is 13.8. The Morgan fingerprint density at radius 2 is 1.68 bits per heavy atom. The summed E-state index contributed by atoms with van der Waals surface area (Å²) in [5.41, 5.74) is 11.1. The summed E-state index contributed by atoms with van der Waals surface area (Å²) in [7, 11) is 0. The van der Waals surface area contributed by atoms with Gasteiger partial charge in [0.15, 0.2) is 0 Å². The summed E-state index contributed by atoms with van der Waals surface area (Å²) in [4.78, 5) is 0. The lowest BCUT2D eigenvalue weighted by Crippen LogP contribution is -2.19. The first-order chi connectivity index (χ1) is 12.3. The van der Waals surface area contributed by atoms with Crippen molar-refractivity contribution >= 4 is 6.08 Å². The van der Waals surface area contributed by atoms with Crippen molar-refractivity contribution in [1.29, 1.82) is 5.26 Å². The van der Waals surface area contributed by atoms with E-state index in [1.165, 1.54) is 0 Å². The van der Waals surface area contributed by atoms with E-state index in [9.17, 15) is 5.26 Å². The molecule has 4 rings (SSSR count). The number of rotatable bonds is 2. The van der Waals surface area contributed by atoms with Gasteiger partial charge in [-0.3, -0.25) is 0 Å². The fourth-order valence-electron chi connectivity index (χ4n) is 3.61. The second-order valence-corrected chi connectivity index (χ2v) is 6.27. The number of nitrogens with zero attached hydrogens (tertiary/aromatic N) is 1. The molecule has 25 heavy (non-hydrogen) atoms. The summed E-state index contributed by atoms with van der Waals surface area (Å²) in [5, 5.41) is 9.61. The van der Waals surface area contributed by atoms with Gasteiger partial charge in [0.25, 0.3) is 0 Å². The molecule has 0 spiro atoms. The van der Waals surface area contributed by atoms with Gasteiger partial charge in [0.2, 0.25) is 5.88 Å². The van der Waals surface area contributed by atoms with Crippen LogP contribution in [-0.4, -0.2) is 0 Å². The van der Waals surface area contributed by atoms with Crippen molar-refractivity contribution in [3.63, 3.8) is 0 Å². The lowest BCUT2D eigenvalue weighted by Gasteiger charge is -2.26. The van der Waals surface area contributed by atoms with Crippen molar-refractivity contribution in [3.8, 4) is 6.07 Å². The number of benzene rings is 2. The molecule has 1 atom stereocenters. The maximum Gasteiger partial charge on any atom is 0.205 e. The van der Waals surface area contributed by atoms with Gasteiger partial charge in [0.05, 0.1) is 0 Å². The Morgan fingerprint density at radius 1 is 1.00 bits per heavy atom. The molecular formula is C22H18N2O. The van der Waals surface area contributed by atoms with Crippen LogP contribution in [0.15, 0.2) is 89.0 Å². The molecule has 1 heterocycles. The first-order valence-corrected chi connectivity index (χ1v) is 8.39. The van der Waals surface area contributed by atoms with Crippen LogP contribution in [0.1, 0.15) is 29.9 Å². The van der Waals surface area contributed by atoms with Crippen molar-refractivity contribution in [2.24, 2.45) is 5.73 Å². The normalized spacial score (nSPS) is 21.1. The molecule has 1 aliphatic heterocycles. The summed E-state index contributed by atoms with van der Waals surface area (Å²) >= 11 is 0. The van der Waals surface area contributed by atoms with Crippen LogP contribution in [0.25, 0.3) is 6.08 Å². The highest BCUT2D eigenvalue weighted by atomic mass is 16.5. The van der Waals surface area contributed by atoms with E-state index in [-0.39, 0.29) is 11.8 Å². The number of allylic oxidation sites excluding steroid dienone is 3. The fourth-order valence-corrected chi connectivity index (χ4v) is 3.61. The highest BCUT2D eigenvalue weighted by Crippen LogP contribution is 2.48. The van der Waals surface area contributed by atoms with Gasteiger partial charge in [0, 0.05) is 5.92 Å². The molecular weight excluding hydrogens is 308 g/mol. The van der Waals surface area contributed by atoms with Crippen LogP contribution in [0.5, 0.6) is 0 Å². The quantitative estimate of drug-likeness (QED) is 0.875. The van der Waals surface area contributed by atoms with Crippen LogP contribution in [-0.2, 0) is 4.74 Å². The van der Waals surface area contributed by atoms with Gasteiger partial charge in [-0.2, -0.15) is 5.26 Å². The maximum atomic E-state index is 9.61. The molecule has 0 bridgehead atoms. The SMILES string of the molecule is N#CC1=C(N)OC2=C(CC/C2=C\c2ccccc2)[C@@H]1c1ccccc1. The topological polar surface area (TPSA) is 59.0 Å². The number of nitriles is 1. The van der Waals surface area contributed by atoms with Gasteiger partial charge >= 0.3 is 0 Å². The van der Waals surface area contributed by atoms with E-state index in [1.54, 1.807) is 0 Å². The summed E-state index contributed by atoms with van der Waals surface area (Å²) in [6, 6.07) is 22.5. The number of ether oxygens (including phenoxy) is 1. The van der Waals surface area contributed by atoms with Crippen molar-refractivity contribution in [2.75, 3.05) is 0 Å². The highest BCUT2D eigenvalue weighted by molar-refractivity contribution is 5.63.